The maximum Gasteiger partial charge on any atom is 0.161 e. The van der Waals surface area contributed by atoms with E-state index >= 15 is 0 Å². The van der Waals surface area contributed by atoms with Crippen LogP contribution in [-0.2, 0) is 13.2 Å². The second-order valence-corrected chi connectivity index (χ2v) is 6.98. The van der Waals surface area contributed by atoms with E-state index in [1.54, 1.807) is 6.07 Å². The van der Waals surface area contributed by atoms with Crippen molar-refractivity contribution in [3.05, 3.63) is 58.4 Å². The molecule has 2 aromatic rings. The average Bonchev–Trinajstić information content (AvgIpc) is 2.62. The molecule has 0 fully saturated rings. The molecule has 0 radical (unpaired) electrons. The van der Waals surface area contributed by atoms with Crippen LogP contribution in [0.15, 0.2) is 36.4 Å². The standard InChI is InChI=1S/C21H28ClFN2O2/c1-4-26-21-12-16(14-24-10-5-11-25(2)3)6-9-20(21)27-15-17-7-8-18(23)13-19(17)22/h6-9,12-13,24H,4-5,10-11,14-15H2,1-3H3. The van der Waals surface area contributed by atoms with Crippen molar-refractivity contribution in [3.63, 3.8) is 0 Å². The predicted octanol–water partition coefficient (Wildman–Crippen LogP) is 4.50. The second kappa shape index (κ2) is 11.1. The Hall–Kier alpha value is -1.82. The van der Waals surface area contributed by atoms with Crippen molar-refractivity contribution in [2.45, 2.75) is 26.5 Å². The summed E-state index contributed by atoms with van der Waals surface area (Å²) in [6.45, 7) is 5.54. The lowest BCUT2D eigenvalue weighted by Gasteiger charge is -2.15. The summed E-state index contributed by atoms with van der Waals surface area (Å²) in [7, 11) is 4.15. The van der Waals surface area contributed by atoms with Crippen LogP contribution in [0.3, 0.4) is 0 Å². The molecular formula is C21H28ClFN2O2. The van der Waals surface area contributed by atoms with Crippen LogP contribution in [0.4, 0.5) is 4.39 Å². The van der Waals surface area contributed by atoms with E-state index < -0.39 is 0 Å². The summed E-state index contributed by atoms with van der Waals surface area (Å²) >= 11 is 6.06. The van der Waals surface area contributed by atoms with Gasteiger partial charge >= 0.3 is 0 Å². The van der Waals surface area contributed by atoms with Crippen molar-refractivity contribution in [1.29, 1.82) is 0 Å². The van der Waals surface area contributed by atoms with Crippen LogP contribution >= 0.6 is 11.6 Å². The van der Waals surface area contributed by atoms with E-state index in [1.807, 2.05) is 25.1 Å². The molecule has 0 saturated carbocycles. The molecule has 0 aliphatic heterocycles. The third-order valence-electron chi connectivity index (χ3n) is 3.99. The first-order chi connectivity index (χ1) is 13.0. The van der Waals surface area contributed by atoms with E-state index in [4.69, 9.17) is 21.1 Å². The van der Waals surface area contributed by atoms with Gasteiger partial charge in [0.15, 0.2) is 11.5 Å². The summed E-state index contributed by atoms with van der Waals surface area (Å²) in [5.41, 5.74) is 1.86. The number of nitrogens with zero attached hydrogens (tertiary/aromatic N) is 1. The van der Waals surface area contributed by atoms with Gasteiger partial charge in [-0.25, -0.2) is 4.39 Å². The highest BCUT2D eigenvalue weighted by atomic mass is 35.5. The van der Waals surface area contributed by atoms with Crippen molar-refractivity contribution in [2.24, 2.45) is 0 Å². The van der Waals surface area contributed by atoms with Crippen molar-refractivity contribution >= 4 is 11.6 Å². The minimum atomic E-state index is -0.360. The number of nitrogens with one attached hydrogen (secondary N) is 1. The monoisotopic (exact) mass is 394 g/mol. The van der Waals surface area contributed by atoms with Gasteiger partial charge < -0.3 is 19.7 Å². The fourth-order valence-electron chi connectivity index (χ4n) is 2.60. The van der Waals surface area contributed by atoms with Gasteiger partial charge in [0.25, 0.3) is 0 Å². The van der Waals surface area contributed by atoms with Crippen LogP contribution < -0.4 is 14.8 Å². The molecule has 2 aromatic carbocycles. The van der Waals surface area contributed by atoms with Gasteiger partial charge in [-0.1, -0.05) is 23.7 Å². The van der Waals surface area contributed by atoms with Gasteiger partial charge in [0, 0.05) is 12.1 Å². The molecule has 0 aliphatic rings. The first-order valence-corrected chi connectivity index (χ1v) is 9.55. The molecule has 0 unspecified atom stereocenters. The zero-order chi connectivity index (χ0) is 19.6. The predicted molar refractivity (Wildman–Crippen MR) is 108 cm³/mol. The average molecular weight is 395 g/mol. The first kappa shape index (κ1) is 21.5. The summed E-state index contributed by atoms with van der Waals surface area (Å²) in [5, 5.41) is 3.79. The van der Waals surface area contributed by atoms with Crippen molar-refractivity contribution in [3.8, 4) is 11.5 Å². The van der Waals surface area contributed by atoms with Gasteiger partial charge in [-0.2, -0.15) is 0 Å². The fraction of sp³-hybridized carbons (Fsp3) is 0.429. The Kier molecular flexibility index (Phi) is 8.85. The largest absolute Gasteiger partial charge is 0.490 e. The minimum Gasteiger partial charge on any atom is -0.490 e. The molecule has 0 saturated heterocycles. The lowest BCUT2D eigenvalue weighted by molar-refractivity contribution is 0.269. The molecule has 4 nitrogen and oxygen atoms in total. The van der Waals surface area contributed by atoms with Crippen LogP contribution in [0.25, 0.3) is 0 Å². The molecule has 2 rings (SSSR count). The van der Waals surface area contributed by atoms with Gasteiger partial charge in [-0.3, -0.25) is 0 Å². The SMILES string of the molecule is CCOc1cc(CNCCCN(C)C)ccc1OCc1ccc(F)cc1Cl. The summed E-state index contributed by atoms with van der Waals surface area (Å²) in [6, 6.07) is 10.2. The number of hydrogen-bond donors (Lipinski definition) is 1. The molecule has 0 amide bonds. The zero-order valence-electron chi connectivity index (χ0n) is 16.2. The Morgan fingerprint density at radius 3 is 2.59 bits per heavy atom. The molecular weight excluding hydrogens is 367 g/mol. The zero-order valence-corrected chi connectivity index (χ0v) is 17.0. The molecule has 0 aromatic heterocycles. The minimum absolute atomic E-state index is 0.251. The summed E-state index contributed by atoms with van der Waals surface area (Å²) in [6.07, 6.45) is 1.10. The van der Waals surface area contributed by atoms with Crippen LogP contribution in [0.5, 0.6) is 11.5 Å². The number of rotatable bonds is 11. The van der Waals surface area contributed by atoms with E-state index in [0.717, 1.165) is 37.2 Å². The number of halogens is 2. The molecule has 0 heterocycles. The van der Waals surface area contributed by atoms with Gasteiger partial charge in [0.1, 0.15) is 12.4 Å². The van der Waals surface area contributed by atoms with E-state index in [2.05, 4.69) is 24.3 Å². The van der Waals surface area contributed by atoms with Crippen molar-refractivity contribution in [2.75, 3.05) is 33.8 Å². The first-order valence-electron chi connectivity index (χ1n) is 9.17. The van der Waals surface area contributed by atoms with Gasteiger partial charge in [-0.05, 0) is 70.4 Å². The summed E-state index contributed by atoms with van der Waals surface area (Å²) in [4.78, 5) is 2.17. The number of benzene rings is 2. The normalized spacial score (nSPS) is 11.0. The lowest BCUT2D eigenvalue weighted by atomic mass is 10.2. The van der Waals surface area contributed by atoms with Crippen molar-refractivity contribution < 1.29 is 13.9 Å². The molecule has 6 heteroatoms. The fourth-order valence-corrected chi connectivity index (χ4v) is 2.82. The Labute approximate surface area is 166 Å². The van der Waals surface area contributed by atoms with E-state index in [1.165, 1.54) is 12.1 Å². The molecule has 27 heavy (non-hydrogen) atoms. The quantitative estimate of drug-likeness (QED) is 0.569. The molecule has 0 spiro atoms. The van der Waals surface area contributed by atoms with E-state index in [9.17, 15) is 4.39 Å². The maximum atomic E-state index is 13.2. The van der Waals surface area contributed by atoms with Crippen LogP contribution in [-0.4, -0.2) is 38.7 Å². The lowest BCUT2D eigenvalue weighted by Crippen LogP contribution is -2.21. The highest BCUT2D eigenvalue weighted by molar-refractivity contribution is 6.31. The maximum absolute atomic E-state index is 13.2. The van der Waals surface area contributed by atoms with E-state index in [-0.39, 0.29) is 12.4 Å². The smallest absolute Gasteiger partial charge is 0.161 e. The number of ether oxygens (including phenoxy) is 2. The molecule has 148 valence electrons. The van der Waals surface area contributed by atoms with E-state index in [0.29, 0.717) is 23.1 Å². The van der Waals surface area contributed by atoms with Gasteiger partial charge in [0.05, 0.1) is 11.6 Å². The highest BCUT2D eigenvalue weighted by Crippen LogP contribution is 2.30. The van der Waals surface area contributed by atoms with Gasteiger partial charge in [-0.15, -0.1) is 0 Å². The summed E-state index contributed by atoms with van der Waals surface area (Å²) in [5.74, 6) is 0.984. The van der Waals surface area contributed by atoms with Crippen molar-refractivity contribution in [1.82, 2.24) is 10.2 Å². The Bertz CT molecular complexity index is 725. The Balaban J connectivity index is 1.95. The third kappa shape index (κ3) is 7.37. The van der Waals surface area contributed by atoms with Crippen LogP contribution in [0, 0.1) is 5.82 Å². The summed E-state index contributed by atoms with van der Waals surface area (Å²) < 4.78 is 24.7. The third-order valence-corrected chi connectivity index (χ3v) is 4.35. The Morgan fingerprint density at radius 2 is 1.89 bits per heavy atom. The highest BCUT2D eigenvalue weighted by Gasteiger charge is 2.09. The van der Waals surface area contributed by atoms with Gasteiger partial charge in [0.2, 0.25) is 0 Å². The van der Waals surface area contributed by atoms with Crippen LogP contribution in [0.1, 0.15) is 24.5 Å². The molecule has 0 bridgehead atoms. The van der Waals surface area contributed by atoms with Crippen LogP contribution in [0.2, 0.25) is 5.02 Å². The topological polar surface area (TPSA) is 33.7 Å². The molecule has 0 aliphatic carbocycles. The number of hydrogen-bond acceptors (Lipinski definition) is 4. The Morgan fingerprint density at radius 1 is 1.07 bits per heavy atom. The molecule has 0 atom stereocenters. The molecule has 1 N–H and O–H groups in total. The second-order valence-electron chi connectivity index (χ2n) is 6.57.